The number of hydrogen-bond acceptors (Lipinski definition) is 7. The lowest BCUT2D eigenvalue weighted by atomic mass is 9.77. The Kier molecular flexibility index (Phi) is 5.95. The highest BCUT2D eigenvalue weighted by atomic mass is 32.2. The largest absolute Gasteiger partial charge is 0.393 e. The zero-order valence-electron chi connectivity index (χ0n) is 24.7. The summed E-state index contributed by atoms with van der Waals surface area (Å²) in [6.45, 7) is 9.42. The highest BCUT2D eigenvalue weighted by molar-refractivity contribution is 7.93. The lowest BCUT2D eigenvalue weighted by molar-refractivity contribution is -1.03. The van der Waals surface area contributed by atoms with Gasteiger partial charge in [-0.25, -0.2) is 13.2 Å². The van der Waals surface area contributed by atoms with E-state index in [4.69, 9.17) is 4.89 Å². The molecule has 1 N–H and O–H groups in total. The second-order valence-corrected chi connectivity index (χ2v) is 15.2. The molecule has 1 amide bonds. The van der Waals surface area contributed by atoms with Crippen molar-refractivity contribution in [3.63, 3.8) is 0 Å². The molecule has 7 rings (SSSR count). The first-order valence-electron chi connectivity index (χ1n) is 14.6. The number of fused-ring (bicyclic) bond motifs is 1. The van der Waals surface area contributed by atoms with E-state index in [-0.39, 0.29) is 29.0 Å². The number of aliphatic hydroxyl groups is 1. The number of likely N-dealkylation sites (N-methyl/N-ethyl adjacent to an activating group) is 1. The quantitative estimate of drug-likeness (QED) is 0.240. The van der Waals surface area contributed by atoms with E-state index in [1.807, 2.05) is 19.1 Å². The average Bonchev–Trinajstić information content (AvgIpc) is 3.30. The molecule has 2 fully saturated rings. The topological polar surface area (TPSA) is 113 Å². The predicted octanol–water partition coefficient (Wildman–Crippen LogP) is 1.49. The Bertz CT molecular complexity index is 1670. The molecule has 2 saturated heterocycles. The van der Waals surface area contributed by atoms with Crippen molar-refractivity contribution in [2.75, 3.05) is 58.2 Å². The Morgan fingerprint density at radius 1 is 1.07 bits per heavy atom. The predicted molar refractivity (Wildman–Crippen MR) is 153 cm³/mol. The minimum absolute atomic E-state index is 0.00468. The van der Waals surface area contributed by atoms with Crippen LogP contribution in [0.15, 0.2) is 40.4 Å². The molecule has 2 aromatic rings. The van der Waals surface area contributed by atoms with Crippen molar-refractivity contribution in [1.82, 2.24) is 4.90 Å². The summed E-state index contributed by atoms with van der Waals surface area (Å²) in [5.41, 5.74) is 3.40. The molecule has 11 nitrogen and oxygen atoms in total. The van der Waals surface area contributed by atoms with Crippen LogP contribution in [0.1, 0.15) is 25.0 Å². The lowest BCUT2D eigenvalue weighted by Gasteiger charge is -2.48. The summed E-state index contributed by atoms with van der Waals surface area (Å²) in [5.74, 6) is -2.31. The van der Waals surface area contributed by atoms with Crippen molar-refractivity contribution in [2.45, 2.75) is 44.0 Å². The van der Waals surface area contributed by atoms with Gasteiger partial charge < -0.3 is 19.0 Å². The van der Waals surface area contributed by atoms with Gasteiger partial charge in [-0.3, -0.25) is 14.0 Å². The van der Waals surface area contributed by atoms with Crippen molar-refractivity contribution < 1.29 is 41.9 Å². The smallest absolute Gasteiger partial charge is 0.389 e. The van der Waals surface area contributed by atoms with Gasteiger partial charge in [-0.15, -0.1) is 0 Å². The van der Waals surface area contributed by atoms with E-state index in [0.717, 1.165) is 59.0 Å². The highest BCUT2D eigenvalue weighted by Gasteiger charge is 2.60. The van der Waals surface area contributed by atoms with E-state index < -0.39 is 34.1 Å². The van der Waals surface area contributed by atoms with Crippen LogP contribution in [0, 0.1) is 11.8 Å². The molecule has 5 heterocycles. The third kappa shape index (κ3) is 3.68. The van der Waals surface area contributed by atoms with Crippen LogP contribution in [0.3, 0.4) is 0 Å². The molecular formula is C30H38N4O7S+2. The number of aliphatic hydroxyl groups excluding tert-OH is 1. The number of quaternary nitrogens is 2. The van der Waals surface area contributed by atoms with Crippen molar-refractivity contribution in [3.05, 3.63) is 46.7 Å². The first-order chi connectivity index (χ1) is 19.8. The van der Waals surface area contributed by atoms with Gasteiger partial charge in [0.2, 0.25) is 5.91 Å². The number of sulfonamides is 1. The summed E-state index contributed by atoms with van der Waals surface area (Å²) in [4.78, 5) is 37.1. The van der Waals surface area contributed by atoms with Crippen LogP contribution in [0.5, 0.6) is 0 Å². The summed E-state index contributed by atoms with van der Waals surface area (Å²) in [6, 6.07) is 7.22. The summed E-state index contributed by atoms with van der Waals surface area (Å²) in [5, 5.41) is 12.1. The number of β-lactam (4-membered cyclic amide) rings is 1. The molecule has 0 aliphatic carbocycles. The van der Waals surface area contributed by atoms with Gasteiger partial charge in [-0.2, -0.15) is 4.89 Å². The van der Waals surface area contributed by atoms with Crippen molar-refractivity contribution >= 4 is 38.4 Å². The number of anilines is 1. The first kappa shape index (κ1) is 27.8. The number of piperazine rings is 1. The van der Waals surface area contributed by atoms with Gasteiger partial charge in [0, 0.05) is 27.8 Å². The number of carbonyl (C=O) groups excluding carboxylic acids is 2. The first-order valence-corrected chi connectivity index (χ1v) is 16.0. The summed E-state index contributed by atoms with van der Waals surface area (Å²) in [7, 11) is 1.81. The number of nitrogens with zero attached hydrogens (tertiary/aromatic N) is 4. The maximum absolute atomic E-state index is 14.1. The van der Waals surface area contributed by atoms with Crippen molar-refractivity contribution in [1.29, 1.82) is 0 Å². The van der Waals surface area contributed by atoms with E-state index >= 15 is 0 Å². The molecule has 0 saturated carbocycles. The lowest BCUT2D eigenvalue weighted by Crippen LogP contribution is -2.63. The van der Waals surface area contributed by atoms with Crippen LogP contribution in [-0.4, -0.2) is 105 Å². The molecule has 0 bridgehead atoms. The third-order valence-electron chi connectivity index (χ3n) is 10.5. The maximum atomic E-state index is 14.1. The number of benzene rings is 2. The fourth-order valence-corrected chi connectivity index (χ4v) is 9.76. The van der Waals surface area contributed by atoms with Gasteiger partial charge in [0.05, 0.1) is 56.4 Å². The minimum Gasteiger partial charge on any atom is -0.393 e. The van der Waals surface area contributed by atoms with Gasteiger partial charge in [-0.05, 0) is 24.6 Å². The zero-order valence-corrected chi connectivity index (χ0v) is 25.5. The Morgan fingerprint density at radius 3 is 2.33 bits per heavy atom. The van der Waals surface area contributed by atoms with Gasteiger partial charge in [-0.1, -0.05) is 19.1 Å². The van der Waals surface area contributed by atoms with Crippen LogP contribution >= 0.6 is 0 Å². The van der Waals surface area contributed by atoms with Crippen LogP contribution in [0.4, 0.5) is 5.69 Å². The summed E-state index contributed by atoms with van der Waals surface area (Å²) < 4.78 is 31.6. The molecule has 42 heavy (non-hydrogen) atoms. The minimum atomic E-state index is -3.94. The van der Waals surface area contributed by atoms with E-state index in [1.165, 1.54) is 27.4 Å². The molecule has 0 aromatic heterocycles. The zero-order chi connectivity index (χ0) is 29.9. The van der Waals surface area contributed by atoms with Crippen molar-refractivity contribution in [2.24, 2.45) is 11.8 Å². The summed E-state index contributed by atoms with van der Waals surface area (Å²) in [6.07, 6.45) is -0.910. The Labute approximate surface area is 245 Å². The number of hydrogen-bond donors (Lipinski definition) is 1. The molecule has 0 radical (unpaired) electrons. The molecule has 4 atom stereocenters. The Hall–Kier alpha value is -3.03. The SMILES string of the molecule is COOC(=O)C1=C(CN2c3ccc4c5c(ccc(c35)S2(=O)=O)C[N+]2(CC[N+](C)(C)CC2)C4)C(C)C2C(C(C)O)C(=O)N12. The molecule has 224 valence electrons. The molecule has 12 heteroatoms. The number of rotatable bonds is 5. The van der Waals surface area contributed by atoms with E-state index in [9.17, 15) is 23.1 Å². The van der Waals surface area contributed by atoms with Crippen LogP contribution in [-0.2, 0) is 42.5 Å². The summed E-state index contributed by atoms with van der Waals surface area (Å²) >= 11 is 0. The average molecular weight is 599 g/mol. The fraction of sp³-hybridized carbons (Fsp3) is 0.533. The van der Waals surface area contributed by atoms with E-state index in [2.05, 4.69) is 25.0 Å². The van der Waals surface area contributed by atoms with Gasteiger partial charge >= 0.3 is 5.97 Å². The molecule has 5 aliphatic rings. The normalized spacial score (nSPS) is 28.7. The molecule has 1 spiro atoms. The number of amides is 1. The molecule has 2 aromatic carbocycles. The van der Waals surface area contributed by atoms with Crippen LogP contribution in [0.2, 0.25) is 0 Å². The molecule has 4 unspecified atom stereocenters. The van der Waals surface area contributed by atoms with Crippen LogP contribution < -0.4 is 4.31 Å². The molecular weight excluding hydrogens is 560 g/mol. The maximum Gasteiger partial charge on any atom is 0.389 e. The van der Waals surface area contributed by atoms with E-state index in [0.29, 0.717) is 11.3 Å². The second kappa shape index (κ2) is 8.99. The van der Waals surface area contributed by atoms with Gasteiger partial charge in [0.15, 0.2) is 0 Å². The second-order valence-electron chi connectivity index (χ2n) is 13.4. The third-order valence-corrected chi connectivity index (χ3v) is 12.3. The molecule has 5 aliphatic heterocycles. The van der Waals surface area contributed by atoms with Crippen molar-refractivity contribution in [3.8, 4) is 0 Å². The Balaban J connectivity index is 1.30. The standard InChI is InChI=1S/C30H38N4O7S/c1-17-21(28(30(37)41-40-5)32-27(17)24(18(2)35)29(32)36)14-31-22-8-6-19-15-34(12-10-33(3,4)11-13-34)16-20-7-9-23(42(31,38)39)26(22)25(19)20/h6-9,17-18,24,27,35H,10-16H2,1-5H3/q+2. The van der Waals surface area contributed by atoms with Gasteiger partial charge in [0.1, 0.15) is 45.0 Å². The fourth-order valence-electron chi connectivity index (χ4n) is 8.10. The monoisotopic (exact) mass is 598 g/mol. The van der Waals surface area contributed by atoms with E-state index in [1.54, 1.807) is 13.0 Å². The number of carbonyl (C=O) groups is 2. The highest BCUT2D eigenvalue weighted by Crippen LogP contribution is 2.51. The Morgan fingerprint density at radius 2 is 1.71 bits per heavy atom. The van der Waals surface area contributed by atoms with Crippen LogP contribution in [0.25, 0.3) is 10.8 Å². The van der Waals surface area contributed by atoms with Gasteiger partial charge in [0.25, 0.3) is 10.0 Å².